The maximum atomic E-state index is 14.0. The van der Waals surface area contributed by atoms with Crippen molar-refractivity contribution in [1.82, 2.24) is 4.90 Å². The molecule has 4 aliphatic carbocycles. The average Bonchev–Trinajstić information content (AvgIpc) is 3.42. The number of rotatable bonds is 4. The van der Waals surface area contributed by atoms with Crippen LogP contribution in [0.5, 0.6) is 5.75 Å². The molecule has 2 fully saturated rings. The number of nitrogens with zero attached hydrogens (tertiary/aromatic N) is 1. The molecule has 0 bridgehead atoms. The van der Waals surface area contributed by atoms with E-state index >= 15 is 0 Å². The van der Waals surface area contributed by atoms with Gasteiger partial charge in [-0.05, 0) is 50.6 Å². The first-order chi connectivity index (χ1) is 18.7. The Hall–Kier alpha value is -3.74. The Morgan fingerprint density at radius 1 is 1.10 bits per heavy atom. The van der Waals surface area contributed by atoms with Gasteiger partial charge in [-0.1, -0.05) is 19.8 Å². The third kappa shape index (κ3) is 3.62. The lowest BCUT2D eigenvalue weighted by molar-refractivity contribution is -0.169. The molecule has 0 aliphatic heterocycles. The number of Topliss-reactive ketones (excluding diaryl/α,β-unsaturated/α-hetero) is 2. The van der Waals surface area contributed by atoms with Gasteiger partial charge in [0.2, 0.25) is 11.7 Å². The fraction of sp³-hybridized carbons (Fsp3) is 0.500. The van der Waals surface area contributed by atoms with Gasteiger partial charge in [-0.15, -0.1) is 0 Å². The van der Waals surface area contributed by atoms with E-state index in [2.05, 4.69) is 5.32 Å². The summed E-state index contributed by atoms with van der Waals surface area (Å²) in [4.78, 5) is 53.7. The number of primary amides is 1. The molecule has 5 rings (SSSR count). The second-order valence-electron chi connectivity index (χ2n) is 11.4. The number of anilines is 1. The van der Waals surface area contributed by atoms with E-state index in [-0.39, 0.29) is 28.6 Å². The predicted octanol–water partition coefficient (Wildman–Crippen LogP) is 0.625. The van der Waals surface area contributed by atoms with Crippen LogP contribution in [0, 0.1) is 17.8 Å². The van der Waals surface area contributed by atoms with Crippen molar-refractivity contribution in [3.63, 3.8) is 0 Å². The lowest BCUT2D eigenvalue weighted by Gasteiger charge is -2.53. The number of carbonyl (C=O) groups excluding carboxylic acids is 4. The van der Waals surface area contributed by atoms with E-state index in [0.717, 1.165) is 25.7 Å². The molecule has 214 valence electrons. The lowest BCUT2D eigenvalue weighted by Crippen LogP contribution is -2.70. The predicted molar refractivity (Wildman–Crippen MR) is 141 cm³/mol. The summed E-state index contributed by atoms with van der Waals surface area (Å²) in [7, 11) is 2.89. The Labute approximate surface area is 229 Å². The zero-order valence-corrected chi connectivity index (χ0v) is 22.3. The van der Waals surface area contributed by atoms with E-state index < -0.39 is 81.4 Å². The van der Waals surface area contributed by atoms with Crippen molar-refractivity contribution in [3.8, 4) is 5.75 Å². The molecule has 4 aliphatic rings. The maximum Gasteiger partial charge on any atom is 0.255 e. The summed E-state index contributed by atoms with van der Waals surface area (Å²) in [5.41, 5.74) is 1.28. The standard InChI is InChI=1S/C28H33N3O9/c1-10-14-12(30-27(39)11-6-4-5-7-11)8-9-13(32)16(14)21(33)17-15(10)22(34)19-20(31(2)3)23(35)18(26(29)38)25(37)28(19,40)24(17)36/h8-11,15,19-20,22,32-34,37,40H,4-7H2,1-3H3,(H2,29,38)(H,30,39)/t10?,15-,19-,20+,22?,28+/m0/s1. The van der Waals surface area contributed by atoms with Crippen molar-refractivity contribution in [1.29, 1.82) is 0 Å². The fourth-order valence-electron chi connectivity index (χ4n) is 7.23. The molecule has 0 saturated heterocycles. The molecule has 0 spiro atoms. The molecular formula is C28H33N3O9. The number of phenols is 1. The highest BCUT2D eigenvalue weighted by molar-refractivity contribution is 6.24. The van der Waals surface area contributed by atoms with Gasteiger partial charge in [0.1, 0.15) is 22.8 Å². The summed E-state index contributed by atoms with van der Waals surface area (Å²) in [6, 6.07) is 1.28. The van der Waals surface area contributed by atoms with Crippen LogP contribution >= 0.6 is 0 Å². The van der Waals surface area contributed by atoms with Crippen molar-refractivity contribution in [2.75, 3.05) is 19.4 Å². The highest BCUT2D eigenvalue weighted by atomic mass is 16.4. The molecule has 2 amide bonds. The summed E-state index contributed by atoms with van der Waals surface area (Å²) in [5, 5.41) is 59.5. The van der Waals surface area contributed by atoms with Crippen LogP contribution in [-0.4, -0.2) is 85.7 Å². The fourth-order valence-corrected chi connectivity index (χ4v) is 7.23. The topological polar surface area (TPSA) is 211 Å². The number of benzene rings is 1. The van der Waals surface area contributed by atoms with Crippen LogP contribution in [-0.2, 0) is 19.2 Å². The Morgan fingerprint density at radius 3 is 2.30 bits per heavy atom. The molecule has 0 radical (unpaired) electrons. The van der Waals surface area contributed by atoms with Gasteiger partial charge in [-0.25, -0.2) is 0 Å². The van der Waals surface area contributed by atoms with Gasteiger partial charge in [0.25, 0.3) is 5.91 Å². The largest absolute Gasteiger partial charge is 0.508 e. The number of hydrogen-bond acceptors (Lipinski definition) is 10. The number of nitrogens with two attached hydrogens (primary N) is 1. The summed E-state index contributed by atoms with van der Waals surface area (Å²) >= 11 is 0. The van der Waals surface area contributed by atoms with Gasteiger partial charge < -0.3 is 36.6 Å². The molecule has 40 heavy (non-hydrogen) atoms. The molecule has 6 atom stereocenters. The monoisotopic (exact) mass is 555 g/mol. The smallest absolute Gasteiger partial charge is 0.255 e. The minimum absolute atomic E-state index is 0.166. The zero-order chi connectivity index (χ0) is 29.4. The zero-order valence-electron chi connectivity index (χ0n) is 22.3. The number of hydrogen-bond donors (Lipinski definition) is 7. The maximum absolute atomic E-state index is 14.0. The van der Waals surface area contributed by atoms with E-state index in [9.17, 15) is 44.7 Å². The Morgan fingerprint density at radius 2 is 1.73 bits per heavy atom. The van der Waals surface area contributed by atoms with Crippen molar-refractivity contribution in [2.45, 2.75) is 56.3 Å². The number of fused-ring (bicyclic) bond motifs is 3. The second-order valence-corrected chi connectivity index (χ2v) is 11.4. The Balaban J connectivity index is 1.72. The number of aliphatic hydroxyl groups excluding tert-OH is 3. The highest BCUT2D eigenvalue weighted by Crippen LogP contribution is 2.57. The molecule has 12 nitrogen and oxygen atoms in total. The first kappa shape index (κ1) is 27.8. The first-order valence-electron chi connectivity index (χ1n) is 13.2. The number of amides is 2. The quantitative estimate of drug-likeness (QED) is 0.203. The van der Waals surface area contributed by atoms with Gasteiger partial charge in [-0.2, -0.15) is 0 Å². The number of ketones is 2. The molecule has 1 aromatic rings. The molecular weight excluding hydrogens is 522 g/mol. The van der Waals surface area contributed by atoms with Crippen LogP contribution in [0.15, 0.2) is 29.0 Å². The van der Waals surface area contributed by atoms with Crippen molar-refractivity contribution < 1.29 is 44.7 Å². The van der Waals surface area contributed by atoms with E-state index in [4.69, 9.17) is 5.73 Å². The third-order valence-corrected chi connectivity index (χ3v) is 9.09. The average molecular weight is 556 g/mol. The molecule has 0 aromatic heterocycles. The summed E-state index contributed by atoms with van der Waals surface area (Å²) < 4.78 is 0. The normalized spacial score (nSPS) is 32.2. The molecule has 1 aromatic carbocycles. The number of carbonyl (C=O) groups is 4. The van der Waals surface area contributed by atoms with Crippen LogP contribution in [0.1, 0.15) is 49.7 Å². The second kappa shape index (κ2) is 9.43. The van der Waals surface area contributed by atoms with Gasteiger partial charge >= 0.3 is 0 Å². The third-order valence-electron chi connectivity index (χ3n) is 9.09. The Bertz CT molecular complexity index is 1410. The van der Waals surface area contributed by atoms with E-state index in [1.54, 1.807) is 6.92 Å². The number of phenolic OH excluding ortho intramolecular Hbond substituents is 1. The van der Waals surface area contributed by atoms with E-state index in [1.807, 2.05) is 0 Å². The van der Waals surface area contributed by atoms with Gasteiger partial charge in [0.05, 0.1) is 23.6 Å². The van der Waals surface area contributed by atoms with Crippen molar-refractivity contribution >= 4 is 34.8 Å². The number of aliphatic hydroxyl groups is 4. The molecule has 2 unspecified atom stereocenters. The number of likely N-dealkylation sites (N-methyl/N-ethyl adjacent to an activating group) is 1. The van der Waals surface area contributed by atoms with Crippen LogP contribution in [0.4, 0.5) is 5.69 Å². The highest BCUT2D eigenvalue weighted by Gasteiger charge is 2.68. The lowest BCUT2D eigenvalue weighted by atomic mass is 9.54. The van der Waals surface area contributed by atoms with Gasteiger partial charge in [-0.3, -0.25) is 24.1 Å². The Kier molecular flexibility index (Phi) is 6.55. The van der Waals surface area contributed by atoms with Crippen molar-refractivity contribution in [3.05, 3.63) is 40.2 Å². The van der Waals surface area contributed by atoms with Gasteiger partial charge in [0.15, 0.2) is 11.4 Å². The van der Waals surface area contributed by atoms with Crippen molar-refractivity contribution in [2.24, 2.45) is 23.5 Å². The summed E-state index contributed by atoms with van der Waals surface area (Å²) in [6.45, 7) is 1.63. The van der Waals surface area contributed by atoms with Crippen LogP contribution < -0.4 is 11.1 Å². The number of nitrogens with one attached hydrogen (secondary N) is 1. The first-order valence-corrected chi connectivity index (χ1v) is 13.2. The SMILES string of the molecule is CC1c2c(NC(=O)C3CCCC3)ccc(O)c2C(O)=C2C(=O)[C@@]3(O)C(O)=C(C(N)=O)C(=O)[C@H](N(C)C)[C@H]3C(O)[C@H]21. The van der Waals surface area contributed by atoms with E-state index in [0.29, 0.717) is 0 Å². The van der Waals surface area contributed by atoms with Gasteiger partial charge in [0, 0.05) is 23.1 Å². The van der Waals surface area contributed by atoms with Crippen LogP contribution in [0.2, 0.25) is 0 Å². The summed E-state index contributed by atoms with van der Waals surface area (Å²) in [6.07, 6.45) is 1.62. The minimum Gasteiger partial charge on any atom is -0.508 e. The molecule has 0 heterocycles. The van der Waals surface area contributed by atoms with E-state index in [1.165, 1.54) is 31.1 Å². The summed E-state index contributed by atoms with van der Waals surface area (Å²) in [5.74, 6) is -10.1. The minimum atomic E-state index is -2.98. The number of aromatic hydroxyl groups is 1. The molecule has 12 heteroatoms. The van der Waals surface area contributed by atoms with Crippen LogP contribution in [0.25, 0.3) is 5.76 Å². The van der Waals surface area contributed by atoms with Crippen LogP contribution in [0.3, 0.4) is 0 Å². The molecule has 2 saturated carbocycles. The molecule has 8 N–H and O–H groups in total.